The topological polar surface area (TPSA) is 126 Å². The molecule has 1 aromatic rings. The maximum Gasteiger partial charge on any atom is 0.291 e. The summed E-state index contributed by atoms with van der Waals surface area (Å²) in [5, 5.41) is 4.69. The molecule has 0 saturated carbocycles. The highest BCUT2D eigenvalue weighted by Gasteiger charge is 2.74. The van der Waals surface area contributed by atoms with E-state index in [1.54, 1.807) is 26.8 Å². The molecule has 148 valence electrons. The number of anilines is 1. The Hall–Kier alpha value is -2.74. The van der Waals surface area contributed by atoms with Crippen LogP contribution in [-0.2, 0) is 24.7 Å². The number of likely N-dealkylation sites (tertiary alicyclic amines) is 1. The monoisotopic (exact) mass is 385 g/mol. The molecule has 1 spiro atoms. The fourth-order valence-electron chi connectivity index (χ4n) is 5.15. The Labute approximate surface area is 162 Å². The van der Waals surface area contributed by atoms with Crippen molar-refractivity contribution < 1.29 is 24.5 Å². The highest BCUT2D eigenvalue weighted by atomic mass is 16.2. The van der Waals surface area contributed by atoms with E-state index in [2.05, 4.69) is 5.32 Å². The van der Waals surface area contributed by atoms with Gasteiger partial charge in [0.2, 0.25) is 23.3 Å². The van der Waals surface area contributed by atoms with Gasteiger partial charge in [-0.2, -0.15) is 0 Å². The minimum absolute atomic E-state index is 0.0979. The average Bonchev–Trinajstić information content (AvgIpc) is 3.17. The smallest absolute Gasteiger partial charge is 0.291 e. The molecule has 0 unspecified atom stereocenters. The minimum atomic E-state index is -1.20. The molecule has 4 atom stereocenters. The molecule has 4 rings (SSSR count). The first-order valence-electron chi connectivity index (χ1n) is 9.52. The molecule has 4 amide bonds. The van der Waals surface area contributed by atoms with Crippen LogP contribution in [0.1, 0.15) is 39.2 Å². The van der Waals surface area contributed by atoms with E-state index >= 15 is 0 Å². The van der Waals surface area contributed by atoms with E-state index in [9.17, 15) is 19.2 Å². The quantitative estimate of drug-likeness (QED) is 0.603. The van der Waals surface area contributed by atoms with Crippen molar-refractivity contribution in [2.24, 2.45) is 17.6 Å². The van der Waals surface area contributed by atoms with E-state index in [4.69, 9.17) is 5.73 Å². The number of carbonyl (C=O) groups excluding carboxylic acids is 4. The van der Waals surface area contributed by atoms with E-state index in [0.717, 1.165) is 0 Å². The lowest BCUT2D eigenvalue weighted by atomic mass is 9.76. The van der Waals surface area contributed by atoms with Crippen molar-refractivity contribution in [3.05, 3.63) is 29.8 Å². The van der Waals surface area contributed by atoms with Gasteiger partial charge in [-0.15, -0.1) is 0 Å². The molecule has 3 heterocycles. The van der Waals surface area contributed by atoms with Crippen molar-refractivity contribution in [3.63, 3.8) is 0 Å². The van der Waals surface area contributed by atoms with Gasteiger partial charge in [0.05, 0.1) is 5.69 Å². The largest absolute Gasteiger partial charge is 0.370 e. The van der Waals surface area contributed by atoms with E-state index < -0.39 is 28.8 Å². The highest BCUT2D eigenvalue weighted by molar-refractivity contribution is 6.14. The van der Waals surface area contributed by atoms with Gasteiger partial charge in [-0.05, 0) is 26.8 Å². The van der Waals surface area contributed by atoms with Crippen molar-refractivity contribution in [2.75, 3.05) is 5.32 Å². The molecule has 1 aromatic carbocycles. The molecule has 5 N–H and O–H groups in total. The zero-order chi connectivity index (χ0) is 20.4. The van der Waals surface area contributed by atoms with Gasteiger partial charge in [0.15, 0.2) is 0 Å². The summed E-state index contributed by atoms with van der Waals surface area (Å²) in [6.07, 6.45) is 0.436. The Morgan fingerprint density at radius 1 is 1.21 bits per heavy atom. The number of hydrogen-bond acceptors (Lipinski definition) is 4. The van der Waals surface area contributed by atoms with Crippen molar-refractivity contribution in [1.29, 1.82) is 0 Å². The van der Waals surface area contributed by atoms with Gasteiger partial charge in [0.1, 0.15) is 17.9 Å². The third-order valence-corrected chi connectivity index (χ3v) is 6.17. The van der Waals surface area contributed by atoms with Crippen LogP contribution in [0.2, 0.25) is 0 Å². The summed E-state index contributed by atoms with van der Waals surface area (Å²) in [5.41, 5.74) is 4.81. The van der Waals surface area contributed by atoms with Crippen LogP contribution in [0, 0.1) is 11.8 Å². The van der Waals surface area contributed by atoms with Crippen molar-refractivity contribution in [1.82, 2.24) is 4.90 Å². The van der Waals surface area contributed by atoms with E-state index in [1.807, 2.05) is 23.5 Å². The first kappa shape index (κ1) is 18.6. The van der Waals surface area contributed by atoms with Crippen LogP contribution in [-0.4, -0.2) is 40.1 Å². The van der Waals surface area contributed by atoms with E-state index in [1.165, 1.54) is 4.90 Å². The molecule has 0 radical (unpaired) electrons. The summed E-state index contributed by atoms with van der Waals surface area (Å²) in [7, 11) is 0. The van der Waals surface area contributed by atoms with Crippen molar-refractivity contribution >= 4 is 29.3 Å². The Morgan fingerprint density at radius 3 is 2.54 bits per heavy atom. The number of imide groups is 1. The Bertz CT molecular complexity index is 906. The first-order valence-corrected chi connectivity index (χ1v) is 9.52. The molecule has 2 saturated heterocycles. The Kier molecular flexibility index (Phi) is 3.91. The van der Waals surface area contributed by atoms with E-state index in [0.29, 0.717) is 17.7 Å². The number of fused-ring (bicyclic) bond motifs is 4. The predicted molar refractivity (Wildman–Crippen MR) is 99.5 cm³/mol. The SMILES string of the molecule is CC(C)(C)N1C(=O)[C@H]2[C@@H](C1=O)[C@@]1([NH2+][C@@H]2CCC(N)=O)C(=O)Nc2ccccc21. The number of primary amides is 1. The van der Waals surface area contributed by atoms with Crippen LogP contribution in [0.5, 0.6) is 0 Å². The van der Waals surface area contributed by atoms with E-state index in [-0.39, 0.29) is 30.2 Å². The van der Waals surface area contributed by atoms with Gasteiger partial charge in [-0.3, -0.25) is 24.1 Å². The minimum Gasteiger partial charge on any atom is -0.370 e. The normalized spacial score (nSPS) is 31.3. The van der Waals surface area contributed by atoms with Crippen LogP contribution in [0.25, 0.3) is 0 Å². The number of nitrogens with zero attached hydrogens (tertiary/aromatic N) is 1. The maximum atomic E-state index is 13.5. The average molecular weight is 385 g/mol. The highest BCUT2D eigenvalue weighted by Crippen LogP contribution is 2.50. The van der Waals surface area contributed by atoms with Gasteiger partial charge in [0.25, 0.3) is 5.91 Å². The van der Waals surface area contributed by atoms with Crippen LogP contribution in [0.3, 0.4) is 0 Å². The second-order valence-electron chi connectivity index (χ2n) is 8.89. The number of hydrogen-bond donors (Lipinski definition) is 3. The fourth-order valence-corrected chi connectivity index (χ4v) is 5.15. The number of benzene rings is 1. The predicted octanol–water partition coefficient (Wildman–Crippen LogP) is -0.555. The number of quaternary nitrogens is 1. The molecule has 3 aliphatic rings. The van der Waals surface area contributed by atoms with Crippen LogP contribution >= 0.6 is 0 Å². The molecule has 8 heteroatoms. The van der Waals surface area contributed by atoms with Gasteiger partial charge in [-0.1, -0.05) is 18.2 Å². The fraction of sp³-hybridized carbons (Fsp3) is 0.500. The summed E-state index contributed by atoms with van der Waals surface area (Å²) < 4.78 is 0. The lowest BCUT2D eigenvalue weighted by Crippen LogP contribution is -2.99. The number of nitrogens with two attached hydrogens (primary N) is 2. The lowest BCUT2D eigenvalue weighted by molar-refractivity contribution is -0.734. The number of amides is 4. The molecule has 28 heavy (non-hydrogen) atoms. The summed E-state index contributed by atoms with van der Waals surface area (Å²) in [6, 6.07) is 6.89. The Balaban J connectivity index is 1.86. The van der Waals surface area contributed by atoms with Gasteiger partial charge < -0.3 is 16.4 Å². The molecule has 0 aliphatic carbocycles. The Morgan fingerprint density at radius 2 is 1.89 bits per heavy atom. The number of carbonyl (C=O) groups is 4. The number of rotatable bonds is 3. The molecule has 8 nitrogen and oxygen atoms in total. The second kappa shape index (κ2) is 5.88. The summed E-state index contributed by atoms with van der Waals surface area (Å²) in [5.74, 6) is -2.83. The number of nitrogens with one attached hydrogen (secondary N) is 1. The number of para-hydroxylation sites is 1. The third kappa shape index (κ3) is 2.33. The zero-order valence-corrected chi connectivity index (χ0v) is 16.2. The van der Waals surface area contributed by atoms with Crippen LogP contribution in [0.15, 0.2) is 24.3 Å². The van der Waals surface area contributed by atoms with Crippen LogP contribution < -0.4 is 16.4 Å². The van der Waals surface area contributed by atoms with Crippen molar-refractivity contribution in [2.45, 2.75) is 50.7 Å². The summed E-state index contributed by atoms with van der Waals surface area (Å²) >= 11 is 0. The van der Waals surface area contributed by atoms with Crippen molar-refractivity contribution in [3.8, 4) is 0 Å². The molecule has 2 fully saturated rings. The molecule has 0 bridgehead atoms. The van der Waals surface area contributed by atoms with Gasteiger partial charge in [-0.25, -0.2) is 0 Å². The molecular formula is C20H25N4O4+. The maximum absolute atomic E-state index is 13.5. The molecule has 0 aromatic heterocycles. The zero-order valence-electron chi connectivity index (χ0n) is 16.2. The van der Waals surface area contributed by atoms with Crippen LogP contribution in [0.4, 0.5) is 5.69 Å². The van der Waals surface area contributed by atoms with Gasteiger partial charge in [0, 0.05) is 23.9 Å². The third-order valence-electron chi connectivity index (χ3n) is 6.17. The second-order valence-corrected chi connectivity index (χ2v) is 8.89. The molecule has 3 aliphatic heterocycles. The standard InChI is InChI=1S/C20H24N4O4/c1-19(2,3)24-16(26)14-12(8-9-13(21)25)23-20(15(14)17(24)27)10-6-4-5-7-11(10)22-18(20)28/h4-7,12,14-15,23H,8-9H2,1-3H3,(H2,21,25)(H,22,28)/p+1/t12-,14-,15+,20-/m1/s1. The lowest BCUT2D eigenvalue weighted by Gasteiger charge is -2.33. The van der Waals surface area contributed by atoms with Gasteiger partial charge >= 0.3 is 0 Å². The molecular weight excluding hydrogens is 360 g/mol. The summed E-state index contributed by atoms with van der Waals surface area (Å²) in [6.45, 7) is 5.42. The first-order chi connectivity index (χ1) is 13.1. The summed E-state index contributed by atoms with van der Waals surface area (Å²) in [4.78, 5) is 52.6.